The average molecular weight is 511 g/mol. The summed E-state index contributed by atoms with van der Waals surface area (Å²) in [5.41, 5.74) is -2.43. The molecule has 2 saturated carbocycles. The highest BCUT2D eigenvalue weighted by atomic mass is 16.7. The molecule has 12 nitrogen and oxygen atoms in total. The third kappa shape index (κ3) is 4.07. The Morgan fingerprint density at radius 3 is 2.24 bits per heavy atom. The zero-order valence-electron chi connectivity index (χ0n) is 20.8. The lowest BCUT2D eigenvalue weighted by Gasteiger charge is -2.39. The summed E-state index contributed by atoms with van der Waals surface area (Å²) in [5, 5.41) is 29.4. The summed E-state index contributed by atoms with van der Waals surface area (Å²) >= 11 is 0. The van der Waals surface area contributed by atoms with Gasteiger partial charge in [-0.25, -0.2) is 4.79 Å². The van der Waals surface area contributed by atoms with Crippen LogP contribution in [0.4, 0.5) is 17.1 Å². The van der Waals surface area contributed by atoms with E-state index in [4.69, 9.17) is 9.57 Å². The van der Waals surface area contributed by atoms with E-state index in [9.17, 15) is 29.8 Å². The fourth-order valence-corrected chi connectivity index (χ4v) is 5.55. The first-order valence-electron chi connectivity index (χ1n) is 11.5. The second-order valence-corrected chi connectivity index (χ2v) is 10.1. The molecule has 2 aliphatic carbocycles. The van der Waals surface area contributed by atoms with E-state index in [-0.39, 0.29) is 17.9 Å². The van der Waals surface area contributed by atoms with Crippen molar-refractivity contribution in [2.24, 2.45) is 21.4 Å². The van der Waals surface area contributed by atoms with Gasteiger partial charge in [-0.1, -0.05) is 32.0 Å². The van der Waals surface area contributed by atoms with Crippen molar-refractivity contribution in [3.8, 4) is 5.75 Å². The Hall–Kier alpha value is -4.35. The number of anilines is 1. The number of methoxy groups -OCH3 is 1. The van der Waals surface area contributed by atoms with Gasteiger partial charge in [-0.2, -0.15) is 0 Å². The van der Waals surface area contributed by atoms with E-state index >= 15 is 0 Å². The number of oxime groups is 1. The number of benzene rings is 2. The Morgan fingerprint density at radius 2 is 1.65 bits per heavy atom. The zero-order valence-corrected chi connectivity index (χ0v) is 20.8. The molecule has 2 unspecified atom stereocenters. The third-order valence-corrected chi connectivity index (χ3v) is 8.29. The lowest BCUT2D eigenvalue weighted by molar-refractivity contribution is -0.394. The van der Waals surface area contributed by atoms with Crippen LogP contribution >= 0.6 is 0 Å². The van der Waals surface area contributed by atoms with Crippen LogP contribution in [0.5, 0.6) is 5.75 Å². The predicted octanol–water partition coefficient (Wildman–Crippen LogP) is 4.88. The van der Waals surface area contributed by atoms with Crippen LogP contribution in [0.3, 0.4) is 0 Å². The van der Waals surface area contributed by atoms with E-state index < -0.39 is 43.4 Å². The van der Waals surface area contributed by atoms with E-state index in [1.54, 1.807) is 24.3 Å². The molecule has 0 aromatic heterocycles. The van der Waals surface area contributed by atoms with Crippen LogP contribution in [0.15, 0.2) is 47.6 Å². The number of hydrogen-bond acceptors (Lipinski definition) is 9. The van der Waals surface area contributed by atoms with Gasteiger partial charge in [0.25, 0.3) is 11.4 Å². The summed E-state index contributed by atoms with van der Waals surface area (Å²) in [7, 11) is 1.54. The normalized spacial score (nSPS) is 24.5. The number of amides is 1. The van der Waals surface area contributed by atoms with Gasteiger partial charge in [-0.15, -0.1) is 0 Å². The lowest BCUT2D eigenvalue weighted by atomic mass is 9.64. The molecule has 2 atom stereocenters. The van der Waals surface area contributed by atoms with Crippen LogP contribution in [-0.2, 0) is 9.63 Å². The molecule has 2 aromatic rings. The van der Waals surface area contributed by atoms with Crippen LogP contribution in [0.2, 0.25) is 0 Å². The van der Waals surface area contributed by atoms with Gasteiger partial charge in [-0.3, -0.25) is 25.0 Å². The van der Waals surface area contributed by atoms with Gasteiger partial charge in [0, 0.05) is 35.7 Å². The van der Waals surface area contributed by atoms with Gasteiger partial charge in [0.05, 0.1) is 39.7 Å². The number of fused-ring (bicyclic) bond motifs is 2. The Morgan fingerprint density at radius 1 is 1.00 bits per heavy atom. The van der Waals surface area contributed by atoms with Crippen LogP contribution in [-0.4, -0.2) is 34.5 Å². The number of nitro groups is 2. The van der Waals surface area contributed by atoms with Crippen LogP contribution in [0, 0.1) is 36.5 Å². The van der Waals surface area contributed by atoms with Crippen molar-refractivity contribution < 1.29 is 29.0 Å². The molecule has 2 aromatic carbocycles. The quantitative estimate of drug-likeness (QED) is 0.313. The summed E-state index contributed by atoms with van der Waals surface area (Å²) < 4.78 is 5.23. The van der Waals surface area contributed by atoms with Crippen LogP contribution in [0.1, 0.15) is 50.4 Å². The second kappa shape index (κ2) is 8.95. The molecule has 0 radical (unpaired) electrons. The topological polar surface area (TPSA) is 163 Å². The monoisotopic (exact) mass is 510 g/mol. The van der Waals surface area contributed by atoms with Crippen molar-refractivity contribution in [1.82, 2.24) is 0 Å². The number of rotatable bonds is 7. The fourth-order valence-electron chi connectivity index (χ4n) is 5.55. The van der Waals surface area contributed by atoms with E-state index in [2.05, 4.69) is 10.5 Å². The van der Waals surface area contributed by atoms with Crippen molar-refractivity contribution >= 4 is 34.7 Å². The van der Waals surface area contributed by atoms with Crippen molar-refractivity contribution in [2.75, 3.05) is 12.4 Å². The molecule has 0 heterocycles. The Balaban J connectivity index is 1.60. The maximum Gasteiger partial charge on any atom is 0.366 e. The third-order valence-electron chi connectivity index (χ3n) is 8.29. The number of ether oxygens (including phenoxy) is 1. The molecule has 37 heavy (non-hydrogen) atoms. The maximum absolute atomic E-state index is 13.6. The molecule has 0 aliphatic heterocycles. The lowest BCUT2D eigenvalue weighted by Crippen LogP contribution is -2.43. The summed E-state index contributed by atoms with van der Waals surface area (Å²) in [4.78, 5) is 52.0. The SMILES string of the molecule is COc1cccc(NC(=O)C23CCC(C)(/C(=N\OC(=O)c4cc([N+](=O)[O-])cc([N+](=O)[O-])c4)C2)C3(C)C)c1. The minimum absolute atomic E-state index is 0.180. The van der Waals surface area contributed by atoms with Gasteiger partial charge < -0.3 is 14.9 Å². The summed E-state index contributed by atoms with van der Waals surface area (Å²) in [5.74, 6) is -0.647. The van der Waals surface area contributed by atoms with Gasteiger partial charge in [0.2, 0.25) is 5.91 Å². The van der Waals surface area contributed by atoms with Crippen molar-refractivity contribution in [3.05, 3.63) is 68.3 Å². The molecular formula is C25H26N4O8. The van der Waals surface area contributed by atoms with Gasteiger partial charge in [-0.05, 0) is 30.4 Å². The number of carbonyl (C=O) groups excluding carboxylic acids is 2. The van der Waals surface area contributed by atoms with Gasteiger partial charge in [0.1, 0.15) is 5.75 Å². The number of hydrogen-bond donors (Lipinski definition) is 1. The van der Waals surface area contributed by atoms with Crippen molar-refractivity contribution in [3.63, 3.8) is 0 Å². The highest BCUT2D eigenvalue weighted by Gasteiger charge is 2.71. The first kappa shape index (κ1) is 25.7. The van der Waals surface area contributed by atoms with E-state index in [1.165, 1.54) is 7.11 Å². The first-order valence-corrected chi connectivity index (χ1v) is 11.5. The minimum atomic E-state index is -1.07. The molecular weight excluding hydrogens is 484 g/mol. The van der Waals surface area contributed by atoms with E-state index in [0.29, 0.717) is 30.0 Å². The molecule has 0 spiro atoms. The molecule has 2 fully saturated rings. The molecule has 194 valence electrons. The molecule has 0 saturated heterocycles. The first-order chi connectivity index (χ1) is 17.3. The minimum Gasteiger partial charge on any atom is -0.497 e. The second-order valence-electron chi connectivity index (χ2n) is 10.1. The summed E-state index contributed by atoms with van der Waals surface area (Å²) in [6.45, 7) is 5.93. The van der Waals surface area contributed by atoms with Gasteiger partial charge in [0.15, 0.2) is 0 Å². The molecule has 2 aliphatic rings. The highest BCUT2D eigenvalue weighted by Crippen LogP contribution is 2.71. The van der Waals surface area contributed by atoms with E-state index in [0.717, 1.165) is 18.2 Å². The average Bonchev–Trinajstić information content (AvgIpc) is 3.17. The fraction of sp³-hybridized carbons (Fsp3) is 0.400. The zero-order chi connectivity index (χ0) is 27.2. The number of non-ortho nitro benzene ring substituents is 2. The number of nitrogens with one attached hydrogen (secondary N) is 1. The Kier molecular flexibility index (Phi) is 6.22. The smallest absolute Gasteiger partial charge is 0.366 e. The molecule has 12 heteroatoms. The van der Waals surface area contributed by atoms with Gasteiger partial charge >= 0.3 is 5.97 Å². The standard InChI is InChI=1S/C25H26N4O8/c1-23(2)24(3)8-9-25(23,22(31)26-16-6-5-7-19(12-16)36-4)14-20(24)27-37-21(30)15-10-17(28(32)33)13-18(11-15)29(34)35/h5-7,10-13H,8-9,14H2,1-4H3,(H,26,31)/b27-20-. The Labute approximate surface area is 211 Å². The summed E-state index contributed by atoms with van der Waals surface area (Å²) in [6.07, 6.45) is 1.48. The largest absolute Gasteiger partial charge is 0.497 e. The van der Waals surface area contributed by atoms with Crippen molar-refractivity contribution in [2.45, 2.75) is 40.0 Å². The summed E-state index contributed by atoms with van der Waals surface area (Å²) in [6, 6.07) is 9.58. The Bertz CT molecular complexity index is 1320. The molecule has 2 bridgehead atoms. The predicted molar refractivity (Wildman–Crippen MR) is 132 cm³/mol. The number of nitrogens with zero attached hydrogens (tertiary/aromatic N) is 3. The maximum atomic E-state index is 13.6. The van der Waals surface area contributed by atoms with Crippen LogP contribution < -0.4 is 10.1 Å². The van der Waals surface area contributed by atoms with Crippen molar-refractivity contribution in [1.29, 1.82) is 0 Å². The molecule has 4 rings (SSSR count). The van der Waals surface area contributed by atoms with E-state index in [1.807, 2.05) is 20.8 Å². The number of nitro benzene ring substituents is 2. The number of carbonyl (C=O) groups is 2. The molecule has 1 N–H and O–H groups in total. The van der Waals surface area contributed by atoms with Crippen LogP contribution in [0.25, 0.3) is 0 Å². The molecule has 1 amide bonds. The highest BCUT2D eigenvalue weighted by molar-refractivity contribution is 6.06.